The predicted molar refractivity (Wildman–Crippen MR) is 123 cm³/mol. The van der Waals surface area contributed by atoms with E-state index in [-0.39, 0.29) is 0 Å². The van der Waals surface area contributed by atoms with Crippen LogP contribution in [-0.2, 0) is 0 Å². The molecule has 3 aromatic carbocycles. The van der Waals surface area contributed by atoms with Crippen LogP contribution in [-0.4, -0.2) is 6.61 Å². The average Bonchev–Trinajstić information content (AvgIpc) is 2.78. The zero-order chi connectivity index (χ0) is 20.1. The highest BCUT2D eigenvalue weighted by atomic mass is 16.5. The summed E-state index contributed by atoms with van der Waals surface area (Å²) in [7, 11) is 0. The molecule has 4 rings (SSSR count). The molecule has 0 heterocycles. The molecule has 0 aliphatic heterocycles. The van der Waals surface area contributed by atoms with Gasteiger partial charge in [-0.15, -0.1) is 0 Å². The van der Waals surface area contributed by atoms with Gasteiger partial charge in [0.05, 0.1) is 6.61 Å². The number of benzene rings is 3. The van der Waals surface area contributed by atoms with E-state index in [2.05, 4.69) is 73.4 Å². The third-order valence-corrected chi connectivity index (χ3v) is 6.28. The fourth-order valence-corrected chi connectivity index (χ4v) is 4.45. The average molecular weight is 383 g/mol. The summed E-state index contributed by atoms with van der Waals surface area (Å²) in [6, 6.07) is 21.5. The molecule has 0 bridgehead atoms. The largest absolute Gasteiger partial charge is 0.494 e. The molecular formula is C28H30O. The van der Waals surface area contributed by atoms with Gasteiger partial charge in [0, 0.05) is 11.1 Å². The molecule has 0 atom stereocenters. The summed E-state index contributed by atoms with van der Waals surface area (Å²) >= 11 is 0. The van der Waals surface area contributed by atoms with E-state index < -0.39 is 0 Å². The van der Waals surface area contributed by atoms with Gasteiger partial charge in [-0.25, -0.2) is 0 Å². The second-order valence-corrected chi connectivity index (χ2v) is 8.15. The highest BCUT2D eigenvalue weighted by molar-refractivity contribution is 5.85. The Morgan fingerprint density at radius 3 is 2.14 bits per heavy atom. The van der Waals surface area contributed by atoms with Crippen LogP contribution in [0.1, 0.15) is 68.6 Å². The first-order valence-electron chi connectivity index (χ1n) is 11.0. The summed E-state index contributed by atoms with van der Waals surface area (Å²) < 4.78 is 5.59. The first-order valence-corrected chi connectivity index (χ1v) is 11.0. The van der Waals surface area contributed by atoms with Crippen molar-refractivity contribution in [2.75, 3.05) is 6.61 Å². The van der Waals surface area contributed by atoms with Gasteiger partial charge < -0.3 is 4.74 Å². The van der Waals surface area contributed by atoms with Gasteiger partial charge in [0.2, 0.25) is 0 Å². The van der Waals surface area contributed by atoms with Gasteiger partial charge in [0.25, 0.3) is 0 Å². The molecule has 29 heavy (non-hydrogen) atoms. The number of hydrogen-bond acceptors (Lipinski definition) is 1. The number of fused-ring (bicyclic) bond motifs is 1. The maximum absolute atomic E-state index is 5.59. The minimum atomic E-state index is 0.688. The quantitative estimate of drug-likeness (QED) is 0.429. The van der Waals surface area contributed by atoms with Crippen molar-refractivity contribution in [3.63, 3.8) is 0 Å². The third kappa shape index (κ3) is 4.83. The Hall–Kier alpha value is -2.72. The lowest BCUT2D eigenvalue weighted by molar-refractivity contribution is 0.319. The Labute approximate surface area is 175 Å². The summed E-state index contributed by atoms with van der Waals surface area (Å²) in [6.45, 7) is 5.02. The Morgan fingerprint density at radius 2 is 1.41 bits per heavy atom. The monoisotopic (exact) mass is 382 g/mol. The molecule has 0 N–H and O–H groups in total. The fourth-order valence-electron chi connectivity index (χ4n) is 4.45. The summed E-state index contributed by atoms with van der Waals surface area (Å²) in [4.78, 5) is 0. The van der Waals surface area contributed by atoms with Crippen LogP contribution in [0.3, 0.4) is 0 Å². The second kappa shape index (κ2) is 9.19. The van der Waals surface area contributed by atoms with Crippen molar-refractivity contribution in [3.8, 4) is 17.6 Å². The predicted octanol–water partition coefficient (Wildman–Crippen LogP) is 7.32. The minimum absolute atomic E-state index is 0.688. The molecule has 0 aromatic heterocycles. The molecule has 0 amide bonds. The lowest BCUT2D eigenvalue weighted by Crippen LogP contribution is -2.12. The van der Waals surface area contributed by atoms with E-state index in [1.807, 2.05) is 13.0 Å². The maximum atomic E-state index is 5.59. The van der Waals surface area contributed by atoms with E-state index in [4.69, 9.17) is 4.74 Å². The van der Waals surface area contributed by atoms with Crippen LogP contribution in [0.5, 0.6) is 5.75 Å². The lowest BCUT2D eigenvalue weighted by Gasteiger charge is -2.28. The van der Waals surface area contributed by atoms with Crippen LogP contribution in [0.4, 0.5) is 0 Å². The maximum Gasteiger partial charge on any atom is 0.119 e. The lowest BCUT2D eigenvalue weighted by atomic mass is 9.78. The highest BCUT2D eigenvalue weighted by Gasteiger charge is 2.20. The molecule has 1 fully saturated rings. The fraction of sp³-hybridized carbons (Fsp3) is 0.357. The standard InChI is InChI=1S/C28H30O/c1-3-21-7-12-24(13-8-21)25-14-9-22(10-15-25)5-6-23-11-16-27-20-28(29-4-2)18-17-26(27)19-23/h9-11,14-21,24H,3-4,7-8,12-13H2,1-2H3/t21-,24-. The van der Waals surface area contributed by atoms with Crippen LogP contribution in [0.25, 0.3) is 10.8 Å². The van der Waals surface area contributed by atoms with E-state index in [0.29, 0.717) is 6.61 Å². The van der Waals surface area contributed by atoms with Crippen molar-refractivity contribution in [2.24, 2.45) is 5.92 Å². The van der Waals surface area contributed by atoms with Gasteiger partial charge in [0.15, 0.2) is 0 Å². The van der Waals surface area contributed by atoms with E-state index in [1.54, 1.807) is 0 Å². The molecule has 1 saturated carbocycles. The smallest absolute Gasteiger partial charge is 0.119 e. The molecule has 1 aliphatic rings. The van der Waals surface area contributed by atoms with Crippen molar-refractivity contribution in [3.05, 3.63) is 77.4 Å². The molecule has 0 unspecified atom stereocenters. The number of ether oxygens (including phenoxy) is 1. The molecule has 1 heteroatoms. The van der Waals surface area contributed by atoms with Crippen LogP contribution in [0.2, 0.25) is 0 Å². The number of rotatable bonds is 4. The molecule has 0 spiro atoms. The van der Waals surface area contributed by atoms with Gasteiger partial charge in [-0.1, -0.05) is 49.5 Å². The first kappa shape index (κ1) is 19.6. The first-order chi connectivity index (χ1) is 14.2. The van der Waals surface area contributed by atoms with Crippen LogP contribution < -0.4 is 4.74 Å². The van der Waals surface area contributed by atoms with E-state index in [1.165, 1.54) is 48.4 Å². The topological polar surface area (TPSA) is 9.23 Å². The SMILES string of the molecule is CCOc1ccc2cc(C#Cc3ccc([C@H]4CC[C@H](CC)CC4)cc3)ccc2c1. The summed E-state index contributed by atoms with van der Waals surface area (Å²) in [5, 5.41) is 2.38. The molecule has 1 nitrogen and oxygen atoms in total. The van der Waals surface area contributed by atoms with Crippen molar-refractivity contribution >= 4 is 10.8 Å². The van der Waals surface area contributed by atoms with Gasteiger partial charge in [-0.2, -0.15) is 0 Å². The van der Waals surface area contributed by atoms with E-state index >= 15 is 0 Å². The molecular weight excluding hydrogens is 352 g/mol. The van der Waals surface area contributed by atoms with Gasteiger partial charge in [-0.3, -0.25) is 0 Å². The molecule has 1 aliphatic carbocycles. The van der Waals surface area contributed by atoms with Gasteiger partial charge in [0.1, 0.15) is 5.75 Å². The Bertz CT molecular complexity index is 1010. The third-order valence-electron chi connectivity index (χ3n) is 6.28. The molecule has 0 saturated heterocycles. The highest BCUT2D eigenvalue weighted by Crippen LogP contribution is 2.36. The normalized spacial score (nSPS) is 18.8. The zero-order valence-electron chi connectivity index (χ0n) is 17.6. The minimum Gasteiger partial charge on any atom is -0.494 e. The molecule has 0 radical (unpaired) electrons. The van der Waals surface area contributed by atoms with Crippen molar-refractivity contribution in [1.82, 2.24) is 0 Å². The zero-order valence-corrected chi connectivity index (χ0v) is 17.6. The van der Waals surface area contributed by atoms with Crippen LogP contribution in [0.15, 0.2) is 60.7 Å². The van der Waals surface area contributed by atoms with Crippen LogP contribution in [0, 0.1) is 17.8 Å². The van der Waals surface area contributed by atoms with E-state index in [9.17, 15) is 0 Å². The van der Waals surface area contributed by atoms with Crippen molar-refractivity contribution in [1.29, 1.82) is 0 Å². The summed E-state index contributed by atoms with van der Waals surface area (Å²) in [5.74, 6) is 9.26. The van der Waals surface area contributed by atoms with Crippen LogP contribution >= 0.6 is 0 Å². The second-order valence-electron chi connectivity index (χ2n) is 8.15. The summed E-state index contributed by atoms with van der Waals surface area (Å²) in [5.41, 5.74) is 3.62. The number of hydrogen-bond donors (Lipinski definition) is 0. The van der Waals surface area contributed by atoms with Crippen molar-refractivity contribution < 1.29 is 4.74 Å². The van der Waals surface area contributed by atoms with Gasteiger partial charge in [-0.05, 0) is 97.2 Å². The van der Waals surface area contributed by atoms with E-state index in [0.717, 1.165) is 28.7 Å². The Balaban J connectivity index is 1.45. The van der Waals surface area contributed by atoms with Gasteiger partial charge >= 0.3 is 0 Å². The molecule has 3 aromatic rings. The molecule has 148 valence electrons. The van der Waals surface area contributed by atoms with Crippen molar-refractivity contribution in [2.45, 2.75) is 51.9 Å². The summed E-state index contributed by atoms with van der Waals surface area (Å²) in [6.07, 6.45) is 6.79. The Kier molecular flexibility index (Phi) is 6.20. The Morgan fingerprint density at radius 1 is 0.759 bits per heavy atom.